The monoisotopic (exact) mass is 375 g/mol. The van der Waals surface area contributed by atoms with Crippen molar-refractivity contribution < 1.29 is 17.9 Å². The zero-order valence-corrected chi connectivity index (χ0v) is 15.1. The molecular formula is C22H24F3NO. The third-order valence-corrected chi connectivity index (χ3v) is 5.88. The van der Waals surface area contributed by atoms with E-state index in [1.54, 1.807) is 12.1 Å². The van der Waals surface area contributed by atoms with E-state index in [2.05, 4.69) is 22.2 Å². The number of alkyl halides is 3. The highest BCUT2D eigenvalue weighted by atomic mass is 19.4. The Kier molecular flexibility index (Phi) is 5.02. The summed E-state index contributed by atoms with van der Waals surface area (Å²) in [7, 11) is 0. The molecule has 27 heavy (non-hydrogen) atoms. The number of halogens is 3. The molecule has 1 heterocycles. The number of fused-ring (bicyclic) bond motifs is 1. The van der Waals surface area contributed by atoms with Gasteiger partial charge in [-0.05, 0) is 54.5 Å². The zero-order valence-electron chi connectivity index (χ0n) is 15.1. The Hall–Kier alpha value is -2.17. The fraction of sp³-hybridized carbons (Fsp3) is 0.455. The van der Waals surface area contributed by atoms with Crippen LogP contribution in [0.15, 0.2) is 48.5 Å². The molecule has 144 valence electrons. The van der Waals surface area contributed by atoms with Crippen LogP contribution in [0.1, 0.15) is 55.6 Å². The summed E-state index contributed by atoms with van der Waals surface area (Å²) in [6.45, 7) is 0. The van der Waals surface area contributed by atoms with Crippen LogP contribution in [0.3, 0.4) is 0 Å². The number of benzene rings is 2. The molecule has 0 bridgehead atoms. The van der Waals surface area contributed by atoms with E-state index < -0.39 is 6.36 Å². The first-order chi connectivity index (χ1) is 13.0. The maximum atomic E-state index is 12.7. The normalized spacial score (nSPS) is 23.4. The van der Waals surface area contributed by atoms with Gasteiger partial charge < -0.3 is 10.1 Å². The Morgan fingerprint density at radius 3 is 2.37 bits per heavy atom. The molecule has 0 radical (unpaired) electrons. The van der Waals surface area contributed by atoms with Crippen LogP contribution in [-0.4, -0.2) is 12.4 Å². The summed E-state index contributed by atoms with van der Waals surface area (Å²) in [4.78, 5) is 0. The molecule has 5 heteroatoms. The van der Waals surface area contributed by atoms with Crippen molar-refractivity contribution in [1.29, 1.82) is 0 Å². The molecule has 0 aromatic heterocycles. The summed E-state index contributed by atoms with van der Waals surface area (Å²) in [5.41, 5.74) is 2.96. The van der Waals surface area contributed by atoms with Crippen LogP contribution in [0.25, 0.3) is 0 Å². The van der Waals surface area contributed by atoms with Crippen molar-refractivity contribution in [3.63, 3.8) is 0 Å². The highest BCUT2D eigenvalue weighted by Crippen LogP contribution is 2.44. The van der Waals surface area contributed by atoms with Gasteiger partial charge in [0, 0.05) is 17.6 Å². The standard InChI is InChI=1S/C22H24F3NO/c23-22(24,25)27-17-11-12-20-19(13-17)18(15-7-3-1-4-8-15)14-21(26-20)16-9-5-2-6-10-16/h1,3-4,7-8,11-13,16,18,21,26H,2,5-6,9-10,14H2. The molecule has 2 atom stereocenters. The highest BCUT2D eigenvalue weighted by molar-refractivity contribution is 5.60. The summed E-state index contributed by atoms with van der Waals surface area (Å²) < 4.78 is 42.1. The molecule has 1 fully saturated rings. The maximum absolute atomic E-state index is 12.7. The predicted molar refractivity (Wildman–Crippen MR) is 100 cm³/mol. The molecule has 2 aromatic rings. The number of nitrogens with one attached hydrogen (secondary N) is 1. The van der Waals surface area contributed by atoms with Gasteiger partial charge >= 0.3 is 6.36 Å². The second-order valence-electron chi connectivity index (χ2n) is 7.64. The molecule has 2 unspecified atom stereocenters. The predicted octanol–water partition coefficient (Wildman–Crippen LogP) is 6.48. The summed E-state index contributed by atoms with van der Waals surface area (Å²) >= 11 is 0. The Morgan fingerprint density at radius 2 is 1.67 bits per heavy atom. The van der Waals surface area contributed by atoms with Gasteiger partial charge in [-0.2, -0.15) is 0 Å². The van der Waals surface area contributed by atoms with Crippen LogP contribution in [0.4, 0.5) is 18.9 Å². The van der Waals surface area contributed by atoms with Crippen molar-refractivity contribution in [2.24, 2.45) is 5.92 Å². The molecule has 0 amide bonds. The van der Waals surface area contributed by atoms with E-state index in [0.29, 0.717) is 12.0 Å². The van der Waals surface area contributed by atoms with Gasteiger partial charge in [0.05, 0.1) is 0 Å². The molecule has 0 saturated heterocycles. The fourth-order valence-electron chi connectivity index (χ4n) is 4.65. The number of hydrogen-bond donors (Lipinski definition) is 1. The van der Waals surface area contributed by atoms with Gasteiger partial charge in [-0.1, -0.05) is 49.6 Å². The Morgan fingerprint density at radius 1 is 0.926 bits per heavy atom. The van der Waals surface area contributed by atoms with E-state index in [4.69, 9.17) is 0 Å². The summed E-state index contributed by atoms with van der Waals surface area (Å²) in [6.07, 6.45) is 2.52. The molecule has 1 aliphatic carbocycles. The molecule has 0 spiro atoms. The average Bonchev–Trinajstić information content (AvgIpc) is 2.67. The lowest BCUT2D eigenvalue weighted by Crippen LogP contribution is -2.36. The first-order valence-corrected chi connectivity index (χ1v) is 9.71. The van der Waals surface area contributed by atoms with Gasteiger partial charge in [0.1, 0.15) is 5.75 Å². The van der Waals surface area contributed by atoms with E-state index in [-0.39, 0.29) is 11.7 Å². The van der Waals surface area contributed by atoms with Crippen molar-refractivity contribution in [2.45, 2.75) is 56.8 Å². The summed E-state index contributed by atoms with van der Waals surface area (Å²) in [5, 5.41) is 3.62. The minimum absolute atomic E-state index is 0.0751. The van der Waals surface area contributed by atoms with E-state index in [9.17, 15) is 13.2 Å². The number of rotatable bonds is 3. The Labute approximate surface area is 157 Å². The van der Waals surface area contributed by atoms with Crippen LogP contribution < -0.4 is 10.1 Å². The lowest BCUT2D eigenvalue weighted by Gasteiger charge is -2.39. The molecule has 1 saturated carbocycles. The lowest BCUT2D eigenvalue weighted by molar-refractivity contribution is -0.274. The van der Waals surface area contributed by atoms with E-state index in [1.807, 2.05) is 18.2 Å². The maximum Gasteiger partial charge on any atom is 0.573 e. The van der Waals surface area contributed by atoms with Crippen molar-refractivity contribution in [1.82, 2.24) is 0 Å². The van der Waals surface area contributed by atoms with Crippen LogP contribution in [-0.2, 0) is 0 Å². The average molecular weight is 375 g/mol. The van der Waals surface area contributed by atoms with Gasteiger partial charge in [-0.25, -0.2) is 0 Å². The van der Waals surface area contributed by atoms with Crippen molar-refractivity contribution >= 4 is 5.69 Å². The van der Waals surface area contributed by atoms with Crippen LogP contribution in [0.2, 0.25) is 0 Å². The van der Waals surface area contributed by atoms with E-state index >= 15 is 0 Å². The first-order valence-electron chi connectivity index (χ1n) is 9.71. The zero-order chi connectivity index (χ0) is 18.9. The molecule has 1 aliphatic heterocycles. The summed E-state index contributed by atoms with van der Waals surface area (Å²) in [6, 6.07) is 15.1. The molecule has 2 aliphatic rings. The molecule has 2 nitrogen and oxygen atoms in total. The van der Waals surface area contributed by atoms with Gasteiger partial charge in [0.25, 0.3) is 0 Å². The topological polar surface area (TPSA) is 21.3 Å². The summed E-state index contributed by atoms with van der Waals surface area (Å²) in [5.74, 6) is 0.551. The third kappa shape index (κ3) is 4.23. The molecule has 2 aromatic carbocycles. The molecule has 1 N–H and O–H groups in total. The van der Waals surface area contributed by atoms with E-state index in [1.165, 1.54) is 38.2 Å². The van der Waals surface area contributed by atoms with Crippen LogP contribution in [0.5, 0.6) is 5.75 Å². The van der Waals surface area contributed by atoms with Crippen LogP contribution >= 0.6 is 0 Å². The van der Waals surface area contributed by atoms with Crippen molar-refractivity contribution in [3.05, 3.63) is 59.7 Å². The quantitative estimate of drug-likeness (QED) is 0.663. The largest absolute Gasteiger partial charge is 0.573 e. The Bertz CT molecular complexity index is 769. The highest BCUT2D eigenvalue weighted by Gasteiger charge is 2.35. The van der Waals surface area contributed by atoms with Gasteiger partial charge in [0.15, 0.2) is 0 Å². The number of hydrogen-bond acceptors (Lipinski definition) is 2. The van der Waals surface area contributed by atoms with Gasteiger partial charge in [0.2, 0.25) is 0 Å². The van der Waals surface area contributed by atoms with Crippen LogP contribution in [0, 0.1) is 5.92 Å². The number of ether oxygens (including phenoxy) is 1. The van der Waals surface area contributed by atoms with Crippen molar-refractivity contribution in [3.8, 4) is 5.75 Å². The smallest absolute Gasteiger partial charge is 0.406 e. The van der Waals surface area contributed by atoms with Gasteiger partial charge in [-0.3, -0.25) is 0 Å². The second kappa shape index (κ2) is 7.45. The fourth-order valence-corrected chi connectivity index (χ4v) is 4.65. The van der Waals surface area contributed by atoms with Crippen molar-refractivity contribution in [2.75, 3.05) is 5.32 Å². The minimum Gasteiger partial charge on any atom is -0.406 e. The molecular weight excluding hydrogens is 351 g/mol. The SMILES string of the molecule is FC(F)(F)Oc1ccc2c(c1)C(c1ccccc1)CC(C1CCCCC1)N2. The Balaban J connectivity index is 1.68. The van der Waals surface area contributed by atoms with E-state index in [0.717, 1.165) is 23.2 Å². The minimum atomic E-state index is -4.68. The number of anilines is 1. The molecule has 4 rings (SSSR count). The second-order valence-corrected chi connectivity index (χ2v) is 7.64. The van der Waals surface area contributed by atoms with Gasteiger partial charge in [-0.15, -0.1) is 13.2 Å². The first kappa shape index (κ1) is 18.2. The lowest BCUT2D eigenvalue weighted by atomic mass is 9.74. The third-order valence-electron chi connectivity index (χ3n) is 5.88.